The number of amides is 1. The molecule has 0 spiro atoms. The number of rotatable bonds is 6. The van der Waals surface area contributed by atoms with Gasteiger partial charge in [0.1, 0.15) is 10.4 Å². The van der Waals surface area contributed by atoms with Crippen molar-refractivity contribution in [1.82, 2.24) is 4.98 Å². The number of anilines is 1. The lowest BCUT2D eigenvalue weighted by Crippen LogP contribution is -2.24. The predicted octanol–water partition coefficient (Wildman–Crippen LogP) is 4.82. The maximum atomic E-state index is 12.7. The van der Waals surface area contributed by atoms with Crippen LogP contribution in [-0.2, 0) is 9.63 Å². The number of thioether (sulfide) groups is 1. The first-order chi connectivity index (χ1) is 12.2. The molecule has 0 bridgehead atoms. The zero-order valence-corrected chi connectivity index (χ0v) is 16.1. The van der Waals surface area contributed by atoms with Crippen molar-refractivity contribution in [1.29, 1.82) is 0 Å². The zero-order valence-electron chi connectivity index (χ0n) is 13.7. The highest BCUT2D eigenvalue weighted by atomic mass is 35.5. The molecule has 0 radical (unpaired) electrons. The number of nitrogens with zero attached hydrogens (tertiary/aromatic N) is 2. The maximum Gasteiger partial charge on any atom is 0.280 e. The maximum absolute atomic E-state index is 12.7. The van der Waals surface area contributed by atoms with Crippen molar-refractivity contribution in [3.8, 4) is 0 Å². The Morgan fingerprint density at radius 3 is 2.68 bits per heavy atom. The van der Waals surface area contributed by atoms with Crippen LogP contribution in [0.1, 0.15) is 31.2 Å². The molecule has 2 aromatic rings. The van der Waals surface area contributed by atoms with Crippen LogP contribution in [0.5, 0.6) is 0 Å². The number of aromatic nitrogens is 1. The quantitative estimate of drug-likeness (QED) is 0.432. The van der Waals surface area contributed by atoms with Gasteiger partial charge in [0, 0.05) is 10.5 Å². The van der Waals surface area contributed by atoms with Crippen molar-refractivity contribution >= 4 is 51.5 Å². The van der Waals surface area contributed by atoms with Crippen LogP contribution in [0.15, 0.2) is 40.5 Å². The summed E-state index contributed by atoms with van der Waals surface area (Å²) in [5, 5.41) is 7.34. The van der Waals surface area contributed by atoms with E-state index < -0.39 is 0 Å². The number of carbonyl (C=O) groups excluding carboxylic acids is 1. The number of hydrogen-bond acceptors (Lipinski definition) is 6. The van der Waals surface area contributed by atoms with E-state index in [1.165, 1.54) is 17.5 Å². The summed E-state index contributed by atoms with van der Waals surface area (Å²) in [4.78, 5) is 23.5. The van der Waals surface area contributed by atoms with E-state index in [4.69, 9.17) is 16.4 Å². The van der Waals surface area contributed by atoms with E-state index in [1.807, 2.05) is 30.5 Å². The third-order valence-corrected chi connectivity index (χ3v) is 5.65. The second kappa shape index (κ2) is 8.69. The van der Waals surface area contributed by atoms with Crippen LogP contribution in [0.3, 0.4) is 0 Å². The largest absolute Gasteiger partial charge is 0.392 e. The Hall–Kier alpha value is -1.57. The normalized spacial score (nSPS) is 15.4. The average Bonchev–Trinajstić information content (AvgIpc) is 3.27. The van der Waals surface area contributed by atoms with E-state index in [2.05, 4.69) is 15.5 Å². The van der Waals surface area contributed by atoms with Crippen LogP contribution < -0.4 is 5.32 Å². The molecule has 1 amide bonds. The Labute approximate surface area is 159 Å². The van der Waals surface area contributed by atoms with Crippen molar-refractivity contribution in [2.45, 2.75) is 36.7 Å². The van der Waals surface area contributed by atoms with Crippen LogP contribution in [0.4, 0.5) is 5.13 Å². The Balaban J connectivity index is 1.81. The second-order valence-corrected chi connectivity index (χ2v) is 8.15. The molecular formula is C17H18ClN3O2S2. The van der Waals surface area contributed by atoms with E-state index in [9.17, 15) is 4.79 Å². The standard InChI is InChI=1S/C17H18ClN3O2S2/c1-24-13-8-6-11(7-9-13)15(21-23-12-4-2-3-5-12)16(22)20-17-19-10-14(18)25-17/h6-10,12H,2-5H2,1H3,(H,19,20,22). The van der Waals surface area contributed by atoms with Gasteiger partial charge >= 0.3 is 0 Å². The SMILES string of the molecule is CSc1ccc(C(=NOC2CCCC2)C(=O)Nc2ncc(Cl)s2)cc1. The molecule has 1 aliphatic rings. The summed E-state index contributed by atoms with van der Waals surface area (Å²) in [6.45, 7) is 0. The fourth-order valence-electron chi connectivity index (χ4n) is 2.56. The minimum atomic E-state index is -0.360. The van der Waals surface area contributed by atoms with Gasteiger partial charge in [-0.05, 0) is 44.1 Å². The van der Waals surface area contributed by atoms with Crippen LogP contribution >= 0.6 is 34.7 Å². The minimum Gasteiger partial charge on any atom is -0.392 e. The van der Waals surface area contributed by atoms with E-state index in [0.717, 1.165) is 30.6 Å². The fourth-order valence-corrected chi connectivity index (χ4v) is 3.78. The molecule has 1 heterocycles. The monoisotopic (exact) mass is 395 g/mol. The Kier molecular flexibility index (Phi) is 6.34. The Morgan fingerprint density at radius 2 is 2.08 bits per heavy atom. The lowest BCUT2D eigenvalue weighted by Gasteiger charge is -2.10. The van der Waals surface area contributed by atoms with Gasteiger partial charge in [0.15, 0.2) is 10.8 Å². The zero-order chi connectivity index (χ0) is 17.6. The highest BCUT2D eigenvalue weighted by Gasteiger charge is 2.20. The smallest absolute Gasteiger partial charge is 0.280 e. The first-order valence-electron chi connectivity index (χ1n) is 7.96. The van der Waals surface area contributed by atoms with Crippen molar-refractivity contribution in [2.75, 3.05) is 11.6 Å². The number of hydrogen-bond donors (Lipinski definition) is 1. The van der Waals surface area contributed by atoms with Gasteiger partial charge in [0.05, 0.1) is 6.20 Å². The van der Waals surface area contributed by atoms with Crippen molar-refractivity contribution in [2.24, 2.45) is 5.16 Å². The summed E-state index contributed by atoms with van der Waals surface area (Å²) in [7, 11) is 0. The van der Waals surface area contributed by atoms with E-state index in [-0.39, 0.29) is 17.7 Å². The van der Waals surface area contributed by atoms with Gasteiger partial charge in [-0.3, -0.25) is 10.1 Å². The average molecular weight is 396 g/mol. The van der Waals surface area contributed by atoms with Gasteiger partial charge in [0.2, 0.25) is 0 Å². The number of thiazole rings is 1. The van der Waals surface area contributed by atoms with Gasteiger partial charge in [-0.1, -0.05) is 40.2 Å². The third-order valence-electron chi connectivity index (χ3n) is 3.87. The fraction of sp³-hybridized carbons (Fsp3) is 0.353. The van der Waals surface area contributed by atoms with Gasteiger partial charge in [-0.2, -0.15) is 0 Å². The van der Waals surface area contributed by atoms with E-state index in [0.29, 0.717) is 15.0 Å². The second-order valence-electron chi connectivity index (χ2n) is 5.60. The van der Waals surface area contributed by atoms with Crippen LogP contribution in [-0.4, -0.2) is 29.0 Å². The van der Waals surface area contributed by atoms with Gasteiger partial charge in [-0.15, -0.1) is 11.8 Å². The van der Waals surface area contributed by atoms with Crippen LogP contribution in [0, 0.1) is 0 Å². The number of nitrogens with one attached hydrogen (secondary N) is 1. The van der Waals surface area contributed by atoms with Gasteiger partial charge in [0.25, 0.3) is 5.91 Å². The number of oxime groups is 1. The Morgan fingerprint density at radius 1 is 1.36 bits per heavy atom. The molecule has 0 atom stereocenters. The molecule has 25 heavy (non-hydrogen) atoms. The summed E-state index contributed by atoms with van der Waals surface area (Å²) in [6.07, 6.45) is 7.83. The van der Waals surface area contributed by atoms with Crippen LogP contribution in [0.25, 0.3) is 0 Å². The highest BCUT2D eigenvalue weighted by molar-refractivity contribution is 7.98. The lowest BCUT2D eigenvalue weighted by atomic mass is 10.1. The molecule has 1 aliphatic carbocycles. The molecule has 0 aliphatic heterocycles. The molecule has 1 fully saturated rings. The molecule has 0 unspecified atom stereocenters. The van der Waals surface area contributed by atoms with Crippen LogP contribution in [0.2, 0.25) is 4.34 Å². The third kappa shape index (κ3) is 4.96. The Bertz CT molecular complexity index is 756. The molecule has 132 valence electrons. The highest BCUT2D eigenvalue weighted by Crippen LogP contribution is 2.24. The van der Waals surface area contributed by atoms with Crippen molar-refractivity contribution in [3.05, 3.63) is 40.4 Å². The number of halogens is 1. The molecule has 0 saturated heterocycles. The van der Waals surface area contributed by atoms with Crippen molar-refractivity contribution < 1.29 is 9.63 Å². The summed E-state index contributed by atoms with van der Waals surface area (Å²) >= 11 is 8.71. The summed E-state index contributed by atoms with van der Waals surface area (Å²) in [6, 6.07) is 7.66. The molecule has 3 rings (SSSR count). The van der Waals surface area contributed by atoms with E-state index >= 15 is 0 Å². The first-order valence-corrected chi connectivity index (χ1v) is 10.4. The molecular weight excluding hydrogens is 378 g/mol. The van der Waals surface area contributed by atoms with Crippen molar-refractivity contribution in [3.63, 3.8) is 0 Å². The van der Waals surface area contributed by atoms with E-state index in [1.54, 1.807) is 11.8 Å². The molecule has 1 N–H and O–H groups in total. The molecule has 1 aromatic carbocycles. The van der Waals surface area contributed by atoms with Gasteiger partial charge in [-0.25, -0.2) is 4.98 Å². The molecule has 1 aromatic heterocycles. The number of carbonyl (C=O) groups is 1. The molecule has 5 nitrogen and oxygen atoms in total. The number of benzene rings is 1. The topological polar surface area (TPSA) is 63.6 Å². The predicted molar refractivity (Wildman–Crippen MR) is 104 cm³/mol. The summed E-state index contributed by atoms with van der Waals surface area (Å²) in [5.74, 6) is -0.360. The lowest BCUT2D eigenvalue weighted by molar-refractivity contribution is -0.110. The summed E-state index contributed by atoms with van der Waals surface area (Å²) < 4.78 is 0.514. The van der Waals surface area contributed by atoms with Gasteiger partial charge < -0.3 is 4.84 Å². The summed E-state index contributed by atoms with van der Waals surface area (Å²) in [5.41, 5.74) is 0.946. The minimum absolute atomic E-state index is 0.0857. The first kappa shape index (κ1) is 18.2. The molecule has 1 saturated carbocycles. The molecule has 8 heteroatoms.